The van der Waals surface area contributed by atoms with Crippen LogP contribution in [0.1, 0.15) is 46.0 Å². The maximum Gasteiger partial charge on any atom is 0.240 e. The number of anilines is 1. The van der Waals surface area contributed by atoms with Gasteiger partial charge in [0.2, 0.25) is 15.9 Å². The molecular weight excluding hydrogens is 346 g/mol. The Bertz CT molecular complexity index is 643. The summed E-state index contributed by atoms with van der Waals surface area (Å²) >= 11 is 5.08. The fourth-order valence-electron chi connectivity index (χ4n) is 1.92. The van der Waals surface area contributed by atoms with Crippen molar-refractivity contribution >= 4 is 38.9 Å². The lowest BCUT2D eigenvalue weighted by Crippen LogP contribution is -2.33. The standard InChI is InChI=1S/C16H25N3O3S2/c1-3-5-6-7-15(20)19-16(23)18-13-8-10-14(11-9-13)24(21,22)17-12-4-2/h8-11,17H,3-7,12H2,1-2H3,(H2,18,19,20,23). The molecule has 0 bridgehead atoms. The van der Waals surface area contributed by atoms with Crippen molar-refractivity contribution in [2.45, 2.75) is 50.8 Å². The Hall–Kier alpha value is -1.51. The van der Waals surface area contributed by atoms with E-state index in [1.54, 1.807) is 12.1 Å². The zero-order chi connectivity index (χ0) is 18.0. The van der Waals surface area contributed by atoms with E-state index in [9.17, 15) is 13.2 Å². The van der Waals surface area contributed by atoms with Crippen LogP contribution in [0, 0.1) is 0 Å². The quantitative estimate of drug-likeness (QED) is 0.459. The van der Waals surface area contributed by atoms with Gasteiger partial charge in [0.05, 0.1) is 4.90 Å². The average molecular weight is 372 g/mol. The highest BCUT2D eigenvalue weighted by atomic mass is 32.2. The lowest BCUT2D eigenvalue weighted by atomic mass is 10.2. The van der Waals surface area contributed by atoms with E-state index in [4.69, 9.17) is 12.2 Å². The predicted octanol–water partition coefficient (Wildman–Crippen LogP) is 2.77. The smallest absolute Gasteiger partial charge is 0.240 e. The molecule has 0 radical (unpaired) electrons. The van der Waals surface area contributed by atoms with Gasteiger partial charge >= 0.3 is 0 Å². The van der Waals surface area contributed by atoms with Crippen LogP contribution in [-0.4, -0.2) is 26.0 Å². The van der Waals surface area contributed by atoms with E-state index in [1.165, 1.54) is 12.1 Å². The second-order valence-corrected chi connectivity index (χ2v) is 7.56. The van der Waals surface area contributed by atoms with Crippen molar-refractivity contribution < 1.29 is 13.2 Å². The van der Waals surface area contributed by atoms with Gasteiger partial charge in [0.1, 0.15) is 0 Å². The molecule has 0 fully saturated rings. The molecule has 1 aromatic carbocycles. The largest absolute Gasteiger partial charge is 0.332 e. The molecule has 134 valence electrons. The molecule has 1 aromatic rings. The summed E-state index contributed by atoms with van der Waals surface area (Å²) in [6.07, 6.45) is 4.07. The van der Waals surface area contributed by atoms with Crippen LogP contribution < -0.4 is 15.4 Å². The van der Waals surface area contributed by atoms with Crippen molar-refractivity contribution in [2.24, 2.45) is 0 Å². The highest BCUT2D eigenvalue weighted by Gasteiger charge is 2.12. The van der Waals surface area contributed by atoms with Gasteiger partial charge in [-0.2, -0.15) is 0 Å². The number of benzene rings is 1. The highest BCUT2D eigenvalue weighted by Crippen LogP contribution is 2.14. The maximum atomic E-state index is 12.0. The zero-order valence-corrected chi connectivity index (χ0v) is 15.7. The number of thiocarbonyl (C=S) groups is 1. The molecule has 0 spiro atoms. The summed E-state index contributed by atoms with van der Waals surface area (Å²) in [5.41, 5.74) is 0.614. The number of sulfonamides is 1. The van der Waals surface area contributed by atoms with Crippen molar-refractivity contribution in [1.82, 2.24) is 10.0 Å². The average Bonchev–Trinajstić information content (AvgIpc) is 2.53. The Morgan fingerprint density at radius 3 is 2.33 bits per heavy atom. The number of unbranched alkanes of at least 4 members (excludes halogenated alkanes) is 2. The number of nitrogens with one attached hydrogen (secondary N) is 3. The van der Waals surface area contributed by atoms with Gasteiger partial charge in [0.25, 0.3) is 0 Å². The number of carbonyl (C=O) groups excluding carboxylic acids is 1. The van der Waals surface area contributed by atoms with Crippen LogP contribution in [0.2, 0.25) is 0 Å². The minimum Gasteiger partial charge on any atom is -0.332 e. The number of amides is 1. The minimum atomic E-state index is -3.48. The number of hydrogen-bond acceptors (Lipinski definition) is 4. The number of rotatable bonds is 9. The first-order valence-electron chi connectivity index (χ1n) is 8.09. The third-order valence-corrected chi connectivity index (χ3v) is 4.91. The molecule has 0 saturated heterocycles. The summed E-state index contributed by atoms with van der Waals surface area (Å²) in [4.78, 5) is 11.9. The third-order valence-electron chi connectivity index (χ3n) is 3.22. The van der Waals surface area contributed by atoms with Gasteiger partial charge in [-0.05, 0) is 49.3 Å². The Kier molecular flexibility index (Phi) is 8.88. The summed E-state index contributed by atoms with van der Waals surface area (Å²) in [5, 5.41) is 5.69. The van der Waals surface area contributed by atoms with Gasteiger partial charge in [-0.25, -0.2) is 13.1 Å². The molecular formula is C16H25N3O3S2. The van der Waals surface area contributed by atoms with E-state index in [0.717, 1.165) is 25.7 Å². The molecule has 8 heteroatoms. The fraction of sp³-hybridized carbons (Fsp3) is 0.500. The Morgan fingerprint density at radius 1 is 1.08 bits per heavy atom. The van der Waals surface area contributed by atoms with Crippen LogP contribution >= 0.6 is 12.2 Å². The molecule has 0 aliphatic heterocycles. The van der Waals surface area contributed by atoms with Crippen LogP contribution in [-0.2, 0) is 14.8 Å². The normalized spacial score (nSPS) is 11.1. The van der Waals surface area contributed by atoms with Crippen LogP contribution in [0.3, 0.4) is 0 Å². The fourth-order valence-corrected chi connectivity index (χ4v) is 3.29. The van der Waals surface area contributed by atoms with Crippen molar-refractivity contribution in [2.75, 3.05) is 11.9 Å². The van der Waals surface area contributed by atoms with Gasteiger partial charge in [-0.3, -0.25) is 4.79 Å². The van der Waals surface area contributed by atoms with Crippen molar-refractivity contribution in [3.8, 4) is 0 Å². The van der Waals surface area contributed by atoms with Crippen LogP contribution in [0.4, 0.5) is 5.69 Å². The molecule has 0 atom stereocenters. The summed E-state index contributed by atoms with van der Waals surface area (Å²) < 4.78 is 26.5. The monoisotopic (exact) mass is 371 g/mol. The molecule has 24 heavy (non-hydrogen) atoms. The molecule has 1 rings (SSSR count). The molecule has 3 N–H and O–H groups in total. The molecule has 0 aliphatic carbocycles. The molecule has 0 saturated carbocycles. The second kappa shape index (κ2) is 10.4. The van der Waals surface area contributed by atoms with Crippen LogP contribution in [0.25, 0.3) is 0 Å². The van der Waals surface area contributed by atoms with E-state index < -0.39 is 10.0 Å². The first-order valence-corrected chi connectivity index (χ1v) is 9.98. The molecule has 0 heterocycles. The Labute approximate surface area is 149 Å². The van der Waals surface area contributed by atoms with Crippen LogP contribution in [0.5, 0.6) is 0 Å². The topological polar surface area (TPSA) is 87.3 Å². The van der Waals surface area contributed by atoms with Crippen LogP contribution in [0.15, 0.2) is 29.2 Å². The van der Waals surface area contributed by atoms with Gasteiger partial charge in [0.15, 0.2) is 5.11 Å². The first kappa shape index (κ1) is 20.5. The lowest BCUT2D eigenvalue weighted by Gasteiger charge is -2.10. The van der Waals surface area contributed by atoms with E-state index in [2.05, 4.69) is 22.3 Å². The highest BCUT2D eigenvalue weighted by molar-refractivity contribution is 7.89. The Balaban J connectivity index is 2.54. The minimum absolute atomic E-state index is 0.121. The summed E-state index contributed by atoms with van der Waals surface area (Å²) in [6.45, 7) is 4.37. The molecule has 6 nitrogen and oxygen atoms in total. The predicted molar refractivity (Wildman–Crippen MR) is 100 cm³/mol. The van der Waals surface area contributed by atoms with E-state index >= 15 is 0 Å². The van der Waals surface area contributed by atoms with E-state index in [0.29, 0.717) is 18.7 Å². The van der Waals surface area contributed by atoms with Crippen molar-refractivity contribution in [1.29, 1.82) is 0 Å². The molecule has 0 aromatic heterocycles. The SMILES string of the molecule is CCCCCC(=O)NC(=S)Nc1ccc(S(=O)(=O)NCCC)cc1. The van der Waals surface area contributed by atoms with E-state index in [-0.39, 0.29) is 15.9 Å². The third kappa shape index (κ3) is 7.37. The number of carbonyl (C=O) groups is 1. The van der Waals surface area contributed by atoms with Gasteiger partial charge in [-0.1, -0.05) is 26.7 Å². The number of hydrogen-bond donors (Lipinski definition) is 3. The zero-order valence-electron chi connectivity index (χ0n) is 14.1. The maximum absolute atomic E-state index is 12.0. The molecule has 0 aliphatic rings. The molecule has 1 amide bonds. The van der Waals surface area contributed by atoms with Gasteiger partial charge < -0.3 is 10.6 Å². The van der Waals surface area contributed by atoms with Gasteiger partial charge in [-0.15, -0.1) is 0 Å². The van der Waals surface area contributed by atoms with E-state index in [1.807, 2.05) is 6.92 Å². The van der Waals surface area contributed by atoms with Crippen molar-refractivity contribution in [3.05, 3.63) is 24.3 Å². The lowest BCUT2D eigenvalue weighted by molar-refractivity contribution is -0.119. The first-order chi connectivity index (χ1) is 11.4. The molecule has 0 unspecified atom stereocenters. The summed E-state index contributed by atoms with van der Waals surface area (Å²) in [6, 6.07) is 6.20. The Morgan fingerprint density at radius 2 is 1.75 bits per heavy atom. The second-order valence-electron chi connectivity index (χ2n) is 5.38. The van der Waals surface area contributed by atoms with Crippen molar-refractivity contribution in [3.63, 3.8) is 0 Å². The summed E-state index contributed by atoms with van der Waals surface area (Å²) in [5.74, 6) is -0.121. The summed E-state index contributed by atoms with van der Waals surface area (Å²) in [7, 11) is -3.48. The van der Waals surface area contributed by atoms with Gasteiger partial charge in [0, 0.05) is 18.7 Å².